The fraction of sp³-hybridized carbons (Fsp3) is 0.125. The number of benzene rings is 2. The molecule has 0 bridgehead atoms. The Balaban J connectivity index is 1.84. The average molecular weight is 299 g/mol. The minimum atomic E-state index is -0.924. The molecule has 0 aromatic heterocycles. The van der Waals surface area contributed by atoms with Gasteiger partial charge in [0.15, 0.2) is 0 Å². The van der Waals surface area contributed by atoms with Crippen LogP contribution in [0.5, 0.6) is 0 Å². The van der Waals surface area contributed by atoms with Gasteiger partial charge in [0.1, 0.15) is 5.82 Å². The van der Waals surface area contributed by atoms with Crippen LogP contribution in [0, 0.1) is 17.1 Å². The number of carbonyl (C=O) groups excluding carboxylic acids is 1. The van der Waals surface area contributed by atoms with Crippen molar-refractivity contribution in [3.8, 4) is 6.07 Å². The molecule has 3 N–H and O–H groups in total. The molecule has 0 fully saturated rings. The van der Waals surface area contributed by atoms with Crippen LogP contribution in [-0.2, 0) is 0 Å². The van der Waals surface area contributed by atoms with Gasteiger partial charge in [-0.05, 0) is 42.0 Å². The van der Waals surface area contributed by atoms with E-state index in [4.69, 9.17) is 5.26 Å². The van der Waals surface area contributed by atoms with E-state index in [2.05, 4.69) is 10.6 Å². The summed E-state index contributed by atoms with van der Waals surface area (Å²) in [5, 5.41) is 23.7. The largest absolute Gasteiger partial charge is 0.387 e. The number of nitrogens with zero attached hydrogens (tertiary/aromatic N) is 1. The maximum absolute atomic E-state index is 12.8. The normalized spacial score (nSPS) is 11.3. The summed E-state index contributed by atoms with van der Waals surface area (Å²) in [6, 6.07) is 13.3. The molecule has 0 spiro atoms. The third-order valence-electron chi connectivity index (χ3n) is 2.98. The summed E-state index contributed by atoms with van der Waals surface area (Å²) >= 11 is 0. The first kappa shape index (κ1) is 15.5. The summed E-state index contributed by atoms with van der Waals surface area (Å²) in [5.74, 6) is -0.387. The number of aliphatic hydroxyl groups excluding tert-OH is 1. The molecule has 0 aliphatic carbocycles. The van der Waals surface area contributed by atoms with Crippen LogP contribution < -0.4 is 10.6 Å². The zero-order valence-corrected chi connectivity index (χ0v) is 11.6. The number of nitrogens with one attached hydrogen (secondary N) is 2. The lowest BCUT2D eigenvalue weighted by Gasteiger charge is -2.13. The van der Waals surface area contributed by atoms with E-state index in [1.807, 2.05) is 6.07 Å². The number of anilines is 1. The van der Waals surface area contributed by atoms with Gasteiger partial charge in [0.25, 0.3) is 0 Å². The minimum absolute atomic E-state index is 0.00621. The van der Waals surface area contributed by atoms with E-state index in [1.165, 1.54) is 24.3 Å². The lowest BCUT2D eigenvalue weighted by molar-refractivity contribution is 0.175. The van der Waals surface area contributed by atoms with Gasteiger partial charge >= 0.3 is 6.03 Å². The van der Waals surface area contributed by atoms with Gasteiger partial charge in [0, 0.05) is 12.2 Å². The van der Waals surface area contributed by atoms with Crippen molar-refractivity contribution in [3.05, 3.63) is 65.5 Å². The third kappa shape index (κ3) is 4.30. The van der Waals surface area contributed by atoms with Crippen molar-refractivity contribution in [2.45, 2.75) is 6.10 Å². The first-order chi connectivity index (χ1) is 10.6. The molecule has 0 radical (unpaired) electrons. The van der Waals surface area contributed by atoms with Gasteiger partial charge < -0.3 is 15.7 Å². The summed E-state index contributed by atoms with van der Waals surface area (Å²) in [6.07, 6.45) is -0.924. The first-order valence-electron chi connectivity index (χ1n) is 6.57. The second-order valence-electron chi connectivity index (χ2n) is 4.59. The monoisotopic (exact) mass is 299 g/mol. The number of nitriles is 1. The smallest absolute Gasteiger partial charge is 0.319 e. The number of halogens is 1. The Bertz CT molecular complexity index is 678. The molecule has 2 aromatic rings. The number of rotatable bonds is 4. The van der Waals surface area contributed by atoms with E-state index in [-0.39, 0.29) is 12.4 Å². The van der Waals surface area contributed by atoms with Gasteiger partial charge in [0.05, 0.1) is 17.7 Å². The molecule has 112 valence electrons. The molecular formula is C16H14FN3O2. The zero-order valence-electron chi connectivity index (χ0n) is 11.6. The van der Waals surface area contributed by atoms with Crippen molar-refractivity contribution < 1.29 is 14.3 Å². The van der Waals surface area contributed by atoms with Crippen LogP contribution >= 0.6 is 0 Å². The molecule has 0 saturated carbocycles. The van der Waals surface area contributed by atoms with Crippen LogP contribution in [0.3, 0.4) is 0 Å². The maximum Gasteiger partial charge on any atom is 0.319 e. The number of urea groups is 1. The van der Waals surface area contributed by atoms with Gasteiger partial charge in [-0.25, -0.2) is 9.18 Å². The van der Waals surface area contributed by atoms with E-state index in [1.54, 1.807) is 24.3 Å². The van der Waals surface area contributed by atoms with Crippen molar-refractivity contribution >= 4 is 11.7 Å². The lowest BCUT2D eigenvalue weighted by atomic mass is 10.1. The number of aliphatic hydroxyl groups is 1. The van der Waals surface area contributed by atoms with Crippen molar-refractivity contribution in [3.63, 3.8) is 0 Å². The predicted octanol–water partition coefficient (Wildman–Crippen LogP) is 2.55. The highest BCUT2D eigenvalue weighted by Gasteiger charge is 2.09. The number of hydrogen-bond acceptors (Lipinski definition) is 3. The molecule has 6 heteroatoms. The summed E-state index contributed by atoms with van der Waals surface area (Å²) in [6.45, 7) is -0.00621. The molecular weight excluding hydrogens is 285 g/mol. The Morgan fingerprint density at radius 3 is 2.41 bits per heavy atom. The molecule has 2 amide bonds. The number of carbonyl (C=O) groups is 1. The first-order valence-corrected chi connectivity index (χ1v) is 6.57. The van der Waals surface area contributed by atoms with E-state index in [9.17, 15) is 14.3 Å². The Labute approximate surface area is 127 Å². The van der Waals surface area contributed by atoms with Crippen molar-refractivity contribution in [1.29, 1.82) is 5.26 Å². The molecule has 0 aliphatic rings. The van der Waals surface area contributed by atoms with Crippen LogP contribution in [0.1, 0.15) is 17.2 Å². The zero-order chi connectivity index (χ0) is 15.9. The molecule has 0 saturated heterocycles. The second kappa shape index (κ2) is 7.20. The molecule has 2 aromatic carbocycles. The van der Waals surface area contributed by atoms with Gasteiger partial charge in [-0.2, -0.15) is 5.26 Å². The molecule has 1 atom stereocenters. The van der Waals surface area contributed by atoms with Crippen molar-refractivity contribution in [2.75, 3.05) is 11.9 Å². The van der Waals surface area contributed by atoms with Crippen molar-refractivity contribution in [2.24, 2.45) is 0 Å². The second-order valence-corrected chi connectivity index (χ2v) is 4.59. The average Bonchev–Trinajstić information content (AvgIpc) is 2.54. The van der Waals surface area contributed by atoms with E-state index in [0.29, 0.717) is 16.8 Å². The minimum Gasteiger partial charge on any atom is -0.387 e. The Kier molecular flexibility index (Phi) is 5.07. The van der Waals surface area contributed by atoms with E-state index in [0.717, 1.165) is 0 Å². The topological polar surface area (TPSA) is 85.2 Å². The summed E-state index contributed by atoms with van der Waals surface area (Å²) in [7, 11) is 0. The molecule has 22 heavy (non-hydrogen) atoms. The highest BCUT2D eigenvalue weighted by atomic mass is 19.1. The summed E-state index contributed by atoms with van der Waals surface area (Å²) < 4.78 is 12.8. The fourth-order valence-corrected chi connectivity index (χ4v) is 1.80. The lowest BCUT2D eigenvalue weighted by Crippen LogP contribution is -2.32. The summed E-state index contributed by atoms with van der Waals surface area (Å²) in [5.41, 5.74) is 1.55. The van der Waals surface area contributed by atoms with E-state index >= 15 is 0 Å². The van der Waals surface area contributed by atoms with Crippen LogP contribution in [0.15, 0.2) is 48.5 Å². The van der Waals surface area contributed by atoms with Gasteiger partial charge in [0.2, 0.25) is 0 Å². The fourth-order valence-electron chi connectivity index (χ4n) is 1.80. The Hall–Kier alpha value is -2.91. The van der Waals surface area contributed by atoms with Gasteiger partial charge in [-0.15, -0.1) is 0 Å². The van der Waals surface area contributed by atoms with Crippen LogP contribution in [0.2, 0.25) is 0 Å². The van der Waals surface area contributed by atoms with E-state index < -0.39 is 12.1 Å². The van der Waals surface area contributed by atoms with Gasteiger partial charge in [-0.1, -0.05) is 12.1 Å². The third-order valence-corrected chi connectivity index (χ3v) is 2.98. The molecule has 5 nitrogen and oxygen atoms in total. The van der Waals surface area contributed by atoms with Crippen LogP contribution in [0.4, 0.5) is 14.9 Å². The molecule has 2 rings (SSSR count). The number of amides is 2. The highest BCUT2D eigenvalue weighted by molar-refractivity contribution is 5.89. The molecule has 0 heterocycles. The van der Waals surface area contributed by atoms with Crippen LogP contribution in [0.25, 0.3) is 0 Å². The SMILES string of the molecule is N#Cc1ccc(NC(=O)NC[C@@H](O)c2ccc(F)cc2)cc1. The molecule has 0 unspecified atom stereocenters. The maximum atomic E-state index is 12.8. The van der Waals surface area contributed by atoms with Gasteiger partial charge in [-0.3, -0.25) is 0 Å². The summed E-state index contributed by atoms with van der Waals surface area (Å²) in [4.78, 5) is 11.7. The quantitative estimate of drug-likeness (QED) is 0.811. The Morgan fingerprint density at radius 1 is 1.18 bits per heavy atom. The van der Waals surface area contributed by atoms with Crippen molar-refractivity contribution in [1.82, 2.24) is 5.32 Å². The highest BCUT2D eigenvalue weighted by Crippen LogP contribution is 2.13. The number of hydrogen-bond donors (Lipinski definition) is 3. The van der Waals surface area contributed by atoms with Crippen LogP contribution in [-0.4, -0.2) is 17.7 Å². The molecule has 0 aliphatic heterocycles. The Morgan fingerprint density at radius 2 is 1.82 bits per heavy atom. The predicted molar refractivity (Wildman–Crippen MR) is 79.5 cm³/mol. The standard InChI is InChI=1S/C16H14FN3O2/c17-13-5-3-12(4-6-13)15(21)10-19-16(22)20-14-7-1-11(9-18)2-8-14/h1-8,15,21H,10H2,(H2,19,20,22)/t15-/m1/s1.